The van der Waals surface area contributed by atoms with E-state index >= 15 is 0 Å². The minimum Gasteiger partial charge on any atom is -1.00 e. The second-order valence-electron chi connectivity index (χ2n) is 3.09. The van der Waals surface area contributed by atoms with E-state index < -0.39 is 0 Å². The molecule has 0 aromatic carbocycles. The molecule has 2 heterocycles. The zero-order valence-corrected chi connectivity index (χ0v) is 10.6. The second-order valence-corrected chi connectivity index (χ2v) is 3.09. The Morgan fingerprint density at radius 2 is 2.00 bits per heavy atom. The van der Waals surface area contributed by atoms with Gasteiger partial charge in [0.1, 0.15) is 12.8 Å². The zero-order chi connectivity index (χ0) is 9.80. The molecule has 0 saturated heterocycles. The van der Waals surface area contributed by atoms with Gasteiger partial charge in [0.15, 0.2) is 6.20 Å². The molecule has 0 aliphatic rings. The summed E-state index contributed by atoms with van der Waals surface area (Å²) >= 11 is 0. The standard InChI is InChI=1S/C12H12NO.HI/c1-13-9-3-2-5-11(13)7-8-12-6-4-10-14-12;/h2-10H,1H3;1H/q+1;/p-1/b8-7+;. The van der Waals surface area contributed by atoms with Gasteiger partial charge in [-0.25, -0.2) is 4.57 Å². The predicted octanol–water partition coefficient (Wildman–Crippen LogP) is -0.721. The summed E-state index contributed by atoms with van der Waals surface area (Å²) in [5, 5.41) is 0. The van der Waals surface area contributed by atoms with Crippen molar-refractivity contribution >= 4 is 12.2 Å². The lowest BCUT2D eigenvalue weighted by Crippen LogP contribution is -3.00. The molecule has 78 valence electrons. The third-order valence-electron chi connectivity index (χ3n) is 2.06. The quantitative estimate of drug-likeness (QED) is 0.528. The molecule has 0 bridgehead atoms. The molecule has 15 heavy (non-hydrogen) atoms. The Morgan fingerprint density at radius 3 is 2.67 bits per heavy atom. The largest absolute Gasteiger partial charge is 1.00 e. The number of hydrogen-bond acceptors (Lipinski definition) is 1. The molecule has 0 radical (unpaired) electrons. The molecule has 0 fully saturated rings. The average Bonchev–Trinajstić information content (AvgIpc) is 2.69. The number of rotatable bonds is 2. The van der Waals surface area contributed by atoms with Crippen molar-refractivity contribution in [1.82, 2.24) is 0 Å². The minimum absolute atomic E-state index is 0. The normalized spacial score (nSPS) is 10.2. The fourth-order valence-corrected chi connectivity index (χ4v) is 1.26. The summed E-state index contributed by atoms with van der Waals surface area (Å²) in [5.41, 5.74) is 1.14. The molecule has 0 aliphatic heterocycles. The summed E-state index contributed by atoms with van der Waals surface area (Å²) in [6.07, 6.45) is 7.67. The van der Waals surface area contributed by atoms with Crippen molar-refractivity contribution in [3.63, 3.8) is 0 Å². The first-order valence-corrected chi connectivity index (χ1v) is 4.52. The van der Waals surface area contributed by atoms with Gasteiger partial charge in [-0.1, -0.05) is 0 Å². The van der Waals surface area contributed by atoms with E-state index in [1.807, 2.05) is 49.7 Å². The summed E-state index contributed by atoms with van der Waals surface area (Å²) in [5.74, 6) is 0.869. The molecule has 0 atom stereocenters. The Bertz CT molecular complexity index is 435. The van der Waals surface area contributed by atoms with E-state index in [2.05, 4.69) is 10.6 Å². The SMILES string of the molecule is C[n+]1ccccc1/C=C/c1ccco1.[I-]. The third kappa shape index (κ3) is 3.20. The molecular weight excluding hydrogens is 301 g/mol. The molecule has 0 spiro atoms. The molecule has 2 rings (SSSR count). The van der Waals surface area contributed by atoms with Crippen LogP contribution in [0.5, 0.6) is 0 Å². The lowest BCUT2D eigenvalue weighted by molar-refractivity contribution is -0.673. The molecule has 0 unspecified atom stereocenters. The van der Waals surface area contributed by atoms with Gasteiger partial charge in [-0.05, 0) is 24.3 Å². The summed E-state index contributed by atoms with van der Waals surface area (Å²) < 4.78 is 7.25. The zero-order valence-electron chi connectivity index (χ0n) is 8.43. The van der Waals surface area contributed by atoms with E-state index in [9.17, 15) is 0 Å². The summed E-state index contributed by atoms with van der Waals surface area (Å²) in [6.45, 7) is 0. The van der Waals surface area contributed by atoms with Crippen LogP contribution in [0, 0.1) is 0 Å². The van der Waals surface area contributed by atoms with Crippen LogP contribution in [0.25, 0.3) is 12.2 Å². The Morgan fingerprint density at radius 1 is 1.13 bits per heavy atom. The van der Waals surface area contributed by atoms with Crippen LogP contribution in [-0.4, -0.2) is 0 Å². The van der Waals surface area contributed by atoms with Crippen LogP contribution < -0.4 is 28.5 Å². The van der Waals surface area contributed by atoms with Crippen LogP contribution in [0.4, 0.5) is 0 Å². The summed E-state index contributed by atoms with van der Waals surface area (Å²) in [4.78, 5) is 0. The number of pyridine rings is 1. The monoisotopic (exact) mass is 313 g/mol. The van der Waals surface area contributed by atoms with Crippen LogP contribution in [0.1, 0.15) is 11.5 Å². The molecular formula is C12H12INO. The van der Waals surface area contributed by atoms with Crippen LogP contribution in [0.15, 0.2) is 47.2 Å². The van der Waals surface area contributed by atoms with Crippen molar-refractivity contribution in [2.75, 3.05) is 0 Å². The number of halogens is 1. The molecule has 0 amide bonds. The van der Waals surface area contributed by atoms with Gasteiger partial charge in [-0.15, -0.1) is 0 Å². The van der Waals surface area contributed by atoms with Crippen molar-refractivity contribution in [2.45, 2.75) is 0 Å². The second kappa shape index (κ2) is 5.70. The lowest BCUT2D eigenvalue weighted by Gasteiger charge is -1.91. The maximum Gasteiger partial charge on any atom is 0.205 e. The molecule has 2 aromatic heterocycles. The molecule has 0 aliphatic carbocycles. The highest BCUT2D eigenvalue weighted by atomic mass is 127. The molecule has 2 nitrogen and oxygen atoms in total. The van der Waals surface area contributed by atoms with Gasteiger partial charge in [0.2, 0.25) is 5.69 Å². The van der Waals surface area contributed by atoms with Gasteiger partial charge in [0, 0.05) is 18.2 Å². The number of aryl methyl sites for hydroxylation is 1. The first kappa shape index (κ1) is 12.0. The van der Waals surface area contributed by atoms with E-state index in [1.54, 1.807) is 6.26 Å². The fraction of sp³-hybridized carbons (Fsp3) is 0.0833. The Balaban J connectivity index is 0.00000112. The summed E-state index contributed by atoms with van der Waals surface area (Å²) in [6, 6.07) is 9.88. The number of nitrogens with zero attached hydrogens (tertiary/aromatic N) is 1. The van der Waals surface area contributed by atoms with Crippen LogP contribution >= 0.6 is 0 Å². The van der Waals surface area contributed by atoms with Gasteiger partial charge in [0.25, 0.3) is 0 Å². The predicted molar refractivity (Wildman–Crippen MR) is 55.3 cm³/mol. The van der Waals surface area contributed by atoms with Gasteiger partial charge in [-0.3, -0.25) is 0 Å². The maximum atomic E-state index is 5.20. The molecule has 2 aromatic rings. The van der Waals surface area contributed by atoms with Gasteiger partial charge >= 0.3 is 0 Å². The fourth-order valence-electron chi connectivity index (χ4n) is 1.26. The molecule has 0 saturated carbocycles. The topological polar surface area (TPSA) is 17.0 Å². The average molecular weight is 313 g/mol. The Hall–Kier alpha value is -1.10. The van der Waals surface area contributed by atoms with E-state index in [4.69, 9.17) is 4.42 Å². The van der Waals surface area contributed by atoms with Gasteiger partial charge in [0.05, 0.1) is 6.26 Å². The van der Waals surface area contributed by atoms with E-state index in [-0.39, 0.29) is 24.0 Å². The maximum absolute atomic E-state index is 5.20. The van der Waals surface area contributed by atoms with E-state index in [0.29, 0.717) is 0 Å². The number of aromatic nitrogens is 1. The van der Waals surface area contributed by atoms with Crippen molar-refractivity contribution in [2.24, 2.45) is 7.05 Å². The first-order chi connectivity index (χ1) is 6.86. The van der Waals surface area contributed by atoms with Gasteiger partial charge in [-0.2, -0.15) is 0 Å². The third-order valence-corrected chi connectivity index (χ3v) is 2.06. The Labute approximate surface area is 106 Å². The van der Waals surface area contributed by atoms with Crippen molar-refractivity contribution in [3.8, 4) is 0 Å². The lowest BCUT2D eigenvalue weighted by atomic mass is 10.3. The number of hydrogen-bond donors (Lipinski definition) is 0. The van der Waals surface area contributed by atoms with Crippen LogP contribution in [-0.2, 0) is 7.05 Å². The van der Waals surface area contributed by atoms with Crippen molar-refractivity contribution in [1.29, 1.82) is 0 Å². The highest BCUT2D eigenvalue weighted by molar-refractivity contribution is 5.63. The van der Waals surface area contributed by atoms with Crippen molar-refractivity contribution in [3.05, 3.63) is 54.2 Å². The van der Waals surface area contributed by atoms with E-state index in [0.717, 1.165) is 11.5 Å². The van der Waals surface area contributed by atoms with Crippen LogP contribution in [0.3, 0.4) is 0 Å². The number of furan rings is 1. The van der Waals surface area contributed by atoms with E-state index in [1.165, 1.54) is 0 Å². The highest BCUT2D eigenvalue weighted by Gasteiger charge is 1.98. The summed E-state index contributed by atoms with van der Waals surface area (Å²) in [7, 11) is 2.02. The molecule has 0 N–H and O–H groups in total. The first-order valence-electron chi connectivity index (χ1n) is 4.52. The smallest absolute Gasteiger partial charge is 0.205 e. The highest BCUT2D eigenvalue weighted by Crippen LogP contribution is 2.05. The Kier molecular flexibility index (Phi) is 4.55. The van der Waals surface area contributed by atoms with Crippen molar-refractivity contribution < 1.29 is 33.0 Å². The van der Waals surface area contributed by atoms with Gasteiger partial charge < -0.3 is 28.4 Å². The van der Waals surface area contributed by atoms with Crippen LogP contribution in [0.2, 0.25) is 0 Å². The molecule has 3 heteroatoms. The minimum atomic E-state index is 0.